The van der Waals surface area contributed by atoms with Gasteiger partial charge in [0.2, 0.25) is 0 Å². The predicted octanol–water partition coefficient (Wildman–Crippen LogP) is -1.09. The van der Waals surface area contributed by atoms with Gasteiger partial charge >= 0.3 is 0 Å². The minimum absolute atomic E-state index is 0.233. The number of rotatable bonds is 3. The van der Waals surface area contributed by atoms with E-state index in [1.54, 1.807) is 20.9 Å². The first-order valence-electron chi connectivity index (χ1n) is 3.66. The summed E-state index contributed by atoms with van der Waals surface area (Å²) in [7, 11) is 1.80. The lowest BCUT2D eigenvalue weighted by Crippen LogP contribution is -2.29. The van der Waals surface area contributed by atoms with E-state index in [1.807, 2.05) is 0 Å². The molecule has 4 nitrogen and oxygen atoms in total. The standard InChI is InChI=1S/C4H11NO.C3H9NO/c1-4(2,6)3-5;1-4-2-3-5/h6H,3,5H2,1-2H3;4-5H,2-3H2,1H3. The first kappa shape index (κ1) is 13.4. The van der Waals surface area contributed by atoms with Crippen LogP contribution < -0.4 is 11.1 Å². The number of aliphatic hydroxyl groups excluding tert-OH is 1. The van der Waals surface area contributed by atoms with E-state index < -0.39 is 5.60 Å². The largest absolute Gasteiger partial charge is 0.395 e. The van der Waals surface area contributed by atoms with Gasteiger partial charge in [0.1, 0.15) is 0 Å². The van der Waals surface area contributed by atoms with Gasteiger partial charge in [-0.2, -0.15) is 0 Å². The van der Waals surface area contributed by atoms with Crippen molar-refractivity contribution >= 4 is 0 Å². The van der Waals surface area contributed by atoms with Gasteiger partial charge in [-0.15, -0.1) is 0 Å². The second-order valence-corrected chi connectivity index (χ2v) is 2.84. The van der Waals surface area contributed by atoms with Crippen LogP contribution in [0.5, 0.6) is 0 Å². The number of hydrogen-bond donors (Lipinski definition) is 4. The number of likely N-dealkylation sites (N-methyl/N-ethyl adjacent to an activating group) is 1. The van der Waals surface area contributed by atoms with E-state index in [4.69, 9.17) is 15.9 Å². The van der Waals surface area contributed by atoms with Crippen LogP contribution in [0.4, 0.5) is 0 Å². The lowest BCUT2D eigenvalue weighted by atomic mass is 10.1. The number of aliphatic hydroxyl groups is 2. The number of nitrogens with two attached hydrogens (primary N) is 1. The van der Waals surface area contributed by atoms with Gasteiger partial charge in [-0.05, 0) is 20.9 Å². The summed E-state index contributed by atoms with van der Waals surface area (Å²) in [5.41, 5.74) is 4.38. The molecule has 0 aromatic carbocycles. The Morgan fingerprint density at radius 1 is 1.45 bits per heavy atom. The fourth-order valence-corrected chi connectivity index (χ4v) is 0.112. The monoisotopic (exact) mass is 164 g/mol. The average molecular weight is 164 g/mol. The summed E-state index contributed by atoms with van der Waals surface area (Å²) in [6, 6.07) is 0. The van der Waals surface area contributed by atoms with Crippen molar-refractivity contribution in [3.05, 3.63) is 0 Å². The molecule has 0 aliphatic carbocycles. The van der Waals surface area contributed by atoms with Crippen LogP contribution in [0.2, 0.25) is 0 Å². The van der Waals surface area contributed by atoms with E-state index in [9.17, 15) is 0 Å². The minimum atomic E-state index is -0.681. The van der Waals surface area contributed by atoms with Crippen molar-refractivity contribution in [2.75, 3.05) is 26.7 Å². The molecule has 5 N–H and O–H groups in total. The highest BCUT2D eigenvalue weighted by Crippen LogP contribution is 1.93. The van der Waals surface area contributed by atoms with Crippen LogP contribution in [0.1, 0.15) is 13.8 Å². The second kappa shape index (κ2) is 7.94. The van der Waals surface area contributed by atoms with Crippen molar-refractivity contribution in [1.82, 2.24) is 5.32 Å². The normalized spacial score (nSPS) is 10.4. The SMILES string of the molecule is CC(C)(O)CN.CNCCO. The lowest BCUT2D eigenvalue weighted by molar-refractivity contribution is 0.0898. The number of nitrogens with one attached hydrogen (secondary N) is 1. The Kier molecular flexibility index (Phi) is 9.70. The maximum atomic E-state index is 8.70. The highest BCUT2D eigenvalue weighted by Gasteiger charge is 2.06. The fourth-order valence-electron chi connectivity index (χ4n) is 0.112. The third-order valence-corrected chi connectivity index (χ3v) is 0.861. The van der Waals surface area contributed by atoms with Gasteiger partial charge in [0, 0.05) is 13.1 Å². The molecule has 0 fully saturated rings. The Morgan fingerprint density at radius 3 is 1.82 bits per heavy atom. The summed E-state index contributed by atoms with van der Waals surface area (Å²) in [6.45, 7) is 4.60. The second-order valence-electron chi connectivity index (χ2n) is 2.84. The zero-order valence-electron chi connectivity index (χ0n) is 7.59. The molecule has 0 aromatic heterocycles. The van der Waals surface area contributed by atoms with Gasteiger partial charge in [-0.1, -0.05) is 0 Å². The van der Waals surface area contributed by atoms with Crippen molar-refractivity contribution in [2.45, 2.75) is 19.4 Å². The molecule has 0 saturated carbocycles. The first-order chi connectivity index (χ1) is 4.97. The molecule has 0 aliphatic heterocycles. The van der Waals surface area contributed by atoms with Gasteiger partial charge in [0.15, 0.2) is 0 Å². The van der Waals surface area contributed by atoms with Crippen LogP contribution in [0, 0.1) is 0 Å². The molecule has 0 heterocycles. The van der Waals surface area contributed by atoms with E-state index in [2.05, 4.69) is 5.32 Å². The molecular weight excluding hydrogens is 144 g/mol. The summed E-state index contributed by atoms with van der Waals surface area (Å²) in [5.74, 6) is 0. The Hall–Kier alpha value is -0.160. The third-order valence-electron chi connectivity index (χ3n) is 0.861. The highest BCUT2D eigenvalue weighted by atomic mass is 16.3. The molecule has 0 bridgehead atoms. The Bertz CT molecular complexity index is 69.3. The molecule has 0 atom stereocenters. The maximum Gasteiger partial charge on any atom is 0.0713 e. The molecule has 0 saturated heterocycles. The van der Waals surface area contributed by atoms with Crippen LogP contribution in [-0.2, 0) is 0 Å². The Balaban J connectivity index is 0. The lowest BCUT2D eigenvalue weighted by Gasteiger charge is -2.11. The average Bonchev–Trinajstić information content (AvgIpc) is 1.90. The molecule has 0 spiro atoms. The summed E-state index contributed by atoms with van der Waals surface area (Å²) in [4.78, 5) is 0. The van der Waals surface area contributed by atoms with Crippen LogP contribution in [0.25, 0.3) is 0 Å². The third kappa shape index (κ3) is 25.8. The van der Waals surface area contributed by atoms with Crippen LogP contribution in [0.15, 0.2) is 0 Å². The van der Waals surface area contributed by atoms with Gasteiger partial charge in [-0.25, -0.2) is 0 Å². The summed E-state index contributed by atoms with van der Waals surface area (Å²) < 4.78 is 0. The topological polar surface area (TPSA) is 78.5 Å². The van der Waals surface area contributed by atoms with Crippen LogP contribution >= 0.6 is 0 Å². The van der Waals surface area contributed by atoms with Crippen molar-refractivity contribution in [2.24, 2.45) is 5.73 Å². The molecular formula is C7H20N2O2. The van der Waals surface area contributed by atoms with Crippen LogP contribution in [0.3, 0.4) is 0 Å². The first-order valence-corrected chi connectivity index (χ1v) is 3.66. The molecule has 0 aromatic rings. The van der Waals surface area contributed by atoms with Gasteiger partial charge in [0.05, 0.1) is 12.2 Å². The Morgan fingerprint density at radius 2 is 1.82 bits per heavy atom. The zero-order valence-corrected chi connectivity index (χ0v) is 7.59. The highest BCUT2D eigenvalue weighted by molar-refractivity contribution is 4.63. The molecule has 0 rings (SSSR count). The van der Waals surface area contributed by atoms with E-state index in [-0.39, 0.29) is 6.61 Å². The smallest absolute Gasteiger partial charge is 0.0713 e. The minimum Gasteiger partial charge on any atom is -0.395 e. The van der Waals surface area contributed by atoms with Crippen LogP contribution in [-0.4, -0.2) is 42.6 Å². The van der Waals surface area contributed by atoms with Gasteiger partial charge in [-0.3, -0.25) is 0 Å². The van der Waals surface area contributed by atoms with Crippen molar-refractivity contribution < 1.29 is 10.2 Å². The molecule has 70 valence electrons. The zero-order chi connectivity index (χ0) is 9.33. The Labute approximate surface area is 68.4 Å². The quantitative estimate of drug-likeness (QED) is 0.427. The molecule has 11 heavy (non-hydrogen) atoms. The summed E-state index contributed by atoms with van der Waals surface area (Å²) >= 11 is 0. The van der Waals surface area contributed by atoms with E-state index >= 15 is 0 Å². The molecule has 0 radical (unpaired) electrons. The van der Waals surface area contributed by atoms with E-state index in [0.29, 0.717) is 13.1 Å². The maximum absolute atomic E-state index is 8.70. The fraction of sp³-hybridized carbons (Fsp3) is 1.00. The van der Waals surface area contributed by atoms with Crippen molar-refractivity contribution in [1.29, 1.82) is 0 Å². The van der Waals surface area contributed by atoms with E-state index in [0.717, 1.165) is 0 Å². The summed E-state index contributed by atoms with van der Waals surface area (Å²) in [5, 5.41) is 19.5. The van der Waals surface area contributed by atoms with Gasteiger partial charge < -0.3 is 21.3 Å². The molecule has 0 aliphatic rings. The van der Waals surface area contributed by atoms with Crippen molar-refractivity contribution in [3.8, 4) is 0 Å². The predicted molar refractivity (Wildman–Crippen MR) is 46.4 cm³/mol. The molecule has 0 unspecified atom stereocenters. The van der Waals surface area contributed by atoms with Crippen molar-refractivity contribution in [3.63, 3.8) is 0 Å². The van der Waals surface area contributed by atoms with E-state index in [1.165, 1.54) is 0 Å². The van der Waals surface area contributed by atoms with Gasteiger partial charge in [0.25, 0.3) is 0 Å². The number of hydrogen-bond acceptors (Lipinski definition) is 4. The summed E-state index contributed by atoms with van der Waals surface area (Å²) in [6.07, 6.45) is 0. The molecule has 0 amide bonds. The molecule has 4 heteroatoms.